The van der Waals surface area contributed by atoms with E-state index in [1.807, 2.05) is 30.3 Å². The molecule has 1 aliphatic rings. The fourth-order valence-corrected chi connectivity index (χ4v) is 3.41. The summed E-state index contributed by atoms with van der Waals surface area (Å²) in [5, 5.41) is 4.49. The molecule has 150 valence electrons. The number of nitrogens with zero attached hydrogens (tertiary/aromatic N) is 2. The number of nitrogens with one attached hydrogen (secondary N) is 1. The summed E-state index contributed by atoms with van der Waals surface area (Å²) < 4.78 is 11.2. The summed E-state index contributed by atoms with van der Waals surface area (Å²) in [7, 11) is 0. The van der Waals surface area contributed by atoms with Crippen LogP contribution in [0.1, 0.15) is 0 Å². The molecular formula is C21H19Cl2N3O3. The Bertz CT molecular complexity index is 1040. The van der Waals surface area contributed by atoms with Crippen LogP contribution in [0.5, 0.6) is 5.75 Å². The Hall–Kier alpha value is -2.54. The minimum absolute atomic E-state index is 0.150. The number of benzene rings is 2. The molecule has 0 bridgehead atoms. The molecule has 0 radical (unpaired) electrons. The first kappa shape index (κ1) is 19.8. The summed E-state index contributed by atoms with van der Waals surface area (Å²) in [6, 6.07) is 14.6. The third kappa shape index (κ3) is 4.72. The number of halogens is 2. The number of para-hydroxylation sites is 1. The molecule has 1 aromatic heterocycles. The van der Waals surface area contributed by atoms with Gasteiger partial charge in [0.2, 0.25) is 0 Å². The molecule has 0 spiro atoms. The maximum atomic E-state index is 12.3. The van der Waals surface area contributed by atoms with Gasteiger partial charge < -0.3 is 19.7 Å². The Balaban J connectivity index is 1.48. The van der Waals surface area contributed by atoms with Crippen LogP contribution in [0.2, 0.25) is 10.0 Å². The van der Waals surface area contributed by atoms with Gasteiger partial charge in [-0.3, -0.25) is 4.79 Å². The van der Waals surface area contributed by atoms with Crippen molar-refractivity contribution in [3.8, 4) is 5.75 Å². The number of carbonyl (C=O) groups excluding carboxylic acids is 1. The van der Waals surface area contributed by atoms with Crippen molar-refractivity contribution < 1.29 is 14.3 Å². The minimum Gasteiger partial charge on any atom is -0.481 e. The first-order valence-corrected chi connectivity index (χ1v) is 9.96. The molecule has 4 rings (SSSR count). The number of hydrogen-bond acceptors (Lipinski definition) is 5. The normalized spacial score (nSPS) is 14.1. The summed E-state index contributed by atoms with van der Waals surface area (Å²) >= 11 is 11.9. The number of fused-ring (bicyclic) bond motifs is 1. The van der Waals surface area contributed by atoms with E-state index in [2.05, 4.69) is 10.2 Å². The number of pyridine rings is 1. The van der Waals surface area contributed by atoms with Crippen molar-refractivity contribution >= 4 is 51.5 Å². The van der Waals surface area contributed by atoms with E-state index in [9.17, 15) is 4.79 Å². The SMILES string of the molecule is O=C(COc1cccc2ccc(N3CCOCC3)nc12)Nc1ccc(Cl)c(Cl)c1. The number of morpholine rings is 1. The van der Waals surface area contributed by atoms with Crippen LogP contribution in [0.15, 0.2) is 48.5 Å². The second-order valence-electron chi connectivity index (χ2n) is 6.56. The van der Waals surface area contributed by atoms with Crippen LogP contribution in [0, 0.1) is 0 Å². The molecule has 0 saturated carbocycles. The molecule has 1 saturated heterocycles. The van der Waals surface area contributed by atoms with Gasteiger partial charge in [-0.05, 0) is 36.4 Å². The molecule has 6 nitrogen and oxygen atoms in total. The first-order chi connectivity index (χ1) is 14.1. The van der Waals surface area contributed by atoms with Gasteiger partial charge in [-0.2, -0.15) is 0 Å². The molecule has 1 N–H and O–H groups in total. The number of anilines is 2. The summed E-state index contributed by atoms with van der Waals surface area (Å²) in [6.45, 7) is 2.82. The molecule has 2 heterocycles. The van der Waals surface area contributed by atoms with Crippen LogP contribution >= 0.6 is 23.2 Å². The van der Waals surface area contributed by atoms with Crippen molar-refractivity contribution in [2.75, 3.05) is 43.1 Å². The highest BCUT2D eigenvalue weighted by Gasteiger charge is 2.14. The molecule has 3 aromatic rings. The number of carbonyl (C=O) groups is 1. The van der Waals surface area contributed by atoms with E-state index in [4.69, 9.17) is 37.7 Å². The Morgan fingerprint density at radius 1 is 1.10 bits per heavy atom. The highest BCUT2D eigenvalue weighted by atomic mass is 35.5. The monoisotopic (exact) mass is 431 g/mol. The van der Waals surface area contributed by atoms with Gasteiger partial charge in [-0.15, -0.1) is 0 Å². The number of rotatable bonds is 5. The summed E-state index contributed by atoms with van der Waals surface area (Å²) in [4.78, 5) is 19.2. The number of aromatic nitrogens is 1. The summed E-state index contributed by atoms with van der Waals surface area (Å²) in [6.07, 6.45) is 0. The lowest BCUT2D eigenvalue weighted by molar-refractivity contribution is -0.118. The van der Waals surface area contributed by atoms with Crippen LogP contribution in [-0.4, -0.2) is 43.8 Å². The molecule has 0 aliphatic carbocycles. The molecule has 29 heavy (non-hydrogen) atoms. The van der Waals surface area contributed by atoms with Crippen molar-refractivity contribution in [1.82, 2.24) is 4.98 Å². The van der Waals surface area contributed by atoms with Gasteiger partial charge in [0.15, 0.2) is 6.61 Å². The lowest BCUT2D eigenvalue weighted by atomic mass is 10.2. The maximum Gasteiger partial charge on any atom is 0.262 e. The molecule has 0 unspecified atom stereocenters. The van der Waals surface area contributed by atoms with Gasteiger partial charge in [0.1, 0.15) is 17.1 Å². The van der Waals surface area contributed by atoms with E-state index in [0.717, 1.165) is 29.8 Å². The van der Waals surface area contributed by atoms with Crippen LogP contribution < -0.4 is 15.0 Å². The van der Waals surface area contributed by atoms with Gasteiger partial charge in [0.05, 0.1) is 23.3 Å². The van der Waals surface area contributed by atoms with Crippen LogP contribution in [-0.2, 0) is 9.53 Å². The van der Waals surface area contributed by atoms with Crippen LogP contribution in [0.4, 0.5) is 11.5 Å². The third-order valence-corrected chi connectivity index (χ3v) is 5.30. The van der Waals surface area contributed by atoms with Gasteiger partial charge >= 0.3 is 0 Å². The minimum atomic E-state index is -0.301. The Morgan fingerprint density at radius 2 is 1.93 bits per heavy atom. The molecule has 1 aliphatic heterocycles. The van der Waals surface area contributed by atoms with E-state index >= 15 is 0 Å². The topological polar surface area (TPSA) is 63.7 Å². The zero-order chi connectivity index (χ0) is 20.2. The highest BCUT2D eigenvalue weighted by molar-refractivity contribution is 6.42. The van der Waals surface area contributed by atoms with Gasteiger partial charge in [0, 0.05) is 24.2 Å². The van der Waals surface area contributed by atoms with Crippen molar-refractivity contribution in [3.05, 3.63) is 58.6 Å². The number of amides is 1. The summed E-state index contributed by atoms with van der Waals surface area (Å²) in [5.41, 5.74) is 1.28. The predicted octanol–water partition coefficient (Wildman–Crippen LogP) is 4.40. The van der Waals surface area contributed by atoms with E-state index in [-0.39, 0.29) is 12.5 Å². The highest BCUT2D eigenvalue weighted by Crippen LogP contribution is 2.27. The quantitative estimate of drug-likeness (QED) is 0.648. The van der Waals surface area contributed by atoms with Crippen molar-refractivity contribution in [2.24, 2.45) is 0 Å². The smallest absolute Gasteiger partial charge is 0.262 e. The first-order valence-electron chi connectivity index (χ1n) is 9.20. The Labute approximate surface area is 178 Å². The number of hydrogen-bond donors (Lipinski definition) is 1. The second-order valence-corrected chi connectivity index (χ2v) is 7.38. The van der Waals surface area contributed by atoms with Crippen LogP contribution in [0.3, 0.4) is 0 Å². The lowest BCUT2D eigenvalue weighted by Crippen LogP contribution is -2.36. The fourth-order valence-electron chi connectivity index (χ4n) is 3.11. The number of ether oxygens (including phenoxy) is 2. The predicted molar refractivity (Wildman–Crippen MR) is 115 cm³/mol. The molecular weight excluding hydrogens is 413 g/mol. The molecule has 1 amide bonds. The average molecular weight is 432 g/mol. The van der Waals surface area contributed by atoms with E-state index in [0.29, 0.717) is 34.7 Å². The van der Waals surface area contributed by atoms with E-state index < -0.39 is 0 Å². The van der Waals surface area contributed by atoms with Crippen molar-refractivity contribution in [3.63, 3.8) is 0 Å². The molecule has 1 fully saturated rings. The van der Waals surface area contributed by atoms with Crippen LogP contribution in [0.25, 0.3) is 10.9 Å². The molecule has 0 atom stereocenters. The van der Waals surface area contributed by atoms with E-state index in [1.54, 1.807) is 18.2 Å². The maximum absolute atomic E-state index is 12.3. The Morgan fingerprint density at radius 3 is 2.72 bits per heavy atom. The van der Waals surface area contributed by atoms with Crippen molar-refractivity contribution in [2.45, 2.75) is 0 Å². The van der Waals surface area contributed by atoms with Crippen molar-refractivity contribution in [1.29, 1.82) is 0 Å². The second kappa shape index (κ2) is 8.86. The van der Waals surface area contributed by atoms with E-state index in [1.165, 1.54) is 0 Å². The zero-order valence-corrected chi connectivity index (χ0v) is 17.0. The average Bonchev–Trinajstić information content (AvgIpc) is 2.75. The molecule has 8 heteroatoms. The summed E-state index contributed by atoms with van der Waals surface area (Å²) in [5.74, 6) is 1.13. The van der Waals surface area contributed by atoms with Gasteiger partial charge in [-0.1, -0.05) is 35.3 Å². The fraction of sp³-hybridized carbons (Fsp3) is 0.238. The lowest BCUT2D eigenvalue weighted by Gasteiger charge is -2.28. The largest absolute Gasteiger partial charge is 0.481 e. The van der Waals surface area contributed by atoms with Gasteiger partial charge in [-0.25, -0.2) is 4.98 Å². The standard InChI is InChI=1S/C21H19Cl2N3O3/c22-16-6-5-15(12-17(16)23)24-20(27)13-29-18-3-1-2-14-4-7-19(25-21(14)18)26-8-10-28-11-9-26/h1-7,12H,8-11,13H2,(H,24,27). The zero-order valence-electron chi connectivity index (χ0n) is 15.5. The Kier molecular flexibility index (Phi) is 6.04. The van der Waals surface area contributed by atoms with Gasteiger partial charge in [0.25, 0.3) is 5.91 Å². The third-order valence-electron chi connectivity index (χ3n) is 4.57. The molecule has 2 aromatic carbocycles.